The summed E-state index contributed by atoms with van der Waals surface area (Å²) in [6.45, 7) is 6.57. The minimum Gasteiger partial charge on any atom is -0.465 e. The number of carbonyl (C=O) groups excluding carboxylic acids is 1. The monoisotopic (exact) mass is 268 g/mol. The lowest BCUT2D eigenvalue weighted by Gasteiger charge is -2.19. The van der Waals surface area contributed by atoms with Crippen molar-refractivity contribution in [2.24, 2.45) is 0 Å². The van der Waals surface area contributed by atoms with Gasteiger partial charge in [-0.15, -0.1) is 0 Å². The Balaban J connectivity index is 2.44. The summed E-state index contributed by atoms with van der Waals surface area (Å²) in [5.74, 6) is -0.307. The van der Waals surface area contributed by atoms with Gasteiger partial charge in [0.05, 0.1) is 12.7 Å². The molecule has 2 aromatic rings. The molecular formula is C18H20O2. The third kappa shape index (κ3) is 3.08. The molecule has 0 spiro atoms. The van der Waals surface area contributed by atoms with Crippen LogP contribution in [0.3, 0.4) is 0 Å². The van der Waals surface area contributed by atoms with E-state index in [4.69, 9.17) is 4.74 Å². The normalized spacial score (nSPS) is 11.2. The van der Waals surface area contributed by atoms with Gasteiger partial charge in [0, 0.05) is 0 Å². The molecule has 2 heteroatoms. The van der Waals surface area contributed by atoms with Crippen molar-refractivity contribution in [3.8, 4) is 11.1 Å². The maximum absolute atomic E-state index is 11.6. The summed E-state index contributed by atoms with van der Waals surface area (Å²) in [5, 5.41) is 0. The topological polar surface area (TPSA) is 26.3 Å². The van der Waals surface area contributed by atoms with E-state index in [9.17, 15) is 4.79 Å². The summed E-state index contributed by atoms with van der Waals surface area (Å²) in [7, 11) is 1.40. The second-order valence-electron chi connectivity index (χ2n) is 5.90. The molecule has 2 aromatic carbocycles. The largest absolute Gasteiger partial charge is 0.465 e. The lowest BCUT2D eigenvalue weighted by molar-refractivity contribution is 0.0601. The highest BCUT2D eigenvalue weighted by atomic mass is 16.5. The van der Waals surface area contributed by atoms with Gasteiger partial charge in [-0.05, 0) is 34.2 Å². The van der Waals surface area contributed by atoms with E-state index in [-0.39, 0.29) is 11.4 Å². The molecule has 0 amide bonds. The number of esters is 1. The van der Waals surface area contributed by atoms with E-state index in [2.05, 4.69) is 45.0 Å². The van der Waals surface area contributed by atoms with Gasteiger partial charge < -0.3 is 4.74 Å². The summed E-state index contributed by atoms with van der Waals surface area (Å²) in [5.41, 5.74) is 4.10. The van der Waals surface area contributed by atoms with E-state index in [0.717, 1.165) is 11.1 Å². The predicted molar refractivity (Wildman–Crippen MR) is 81.9 cm³/mol. The first-order valence-corrected chi connectivity index (χ1v) is 6.71. The van der Waals surface area contributed by atoms with E-state index in [1.54, 1.807) is 6.07 Å². The van der Waals surface area contributed by atoms with Crippen molar-refractivity contribution in [2.45, 2.75) is 26.2 Å². The highest BCUT2D eigenvalue weighted by molar-refractivity contribution is 5.91. The van der Waals surface area contributed by atoms with Gasteiger partial charge in [-0.3, -0.25) is 0 Å². The SMILES string of the molecule is COC(=O)c1cccc(-c2cccc(C(C)(C)C)c2)c1. The molecule has 0 aromatic heterocycles. The van der Waals surface area contributed by atoms with Crippen molar-refractivity contribution >= 4 is 5.97 Å². The number of benzene rings is 2. The lowest BCUT2D eigenvalue weighted by atomic mass is 9.85. The van der Waals surface area contributed by atoms with Crippen LogP contribution in [0.4, 0.5) is 0 Å². The maximum atomic E-state index is 11.6. The summed E-state index contributed by atoms with van der Waals surface area (Å²) >= 11 is 0. The quantitative estimate of drug-likeness (QED) is 0.753. The van der Waals surface area contributed by atoms with Gasteiger partial charge in [-0.2, -0.15) is 0 Å². The molecule has 0 saturated carbocycles. The Kier molecular flexibility index (Phi) is 3.93. The van der Waals surface area contributed by atoms with E-state index in [1.165, 1.54) is 12.7 Å². The highest BCUT2D eigenvalue weighted by Gasteiger charge is 2.14. The van der Waals surface area contributed by atoms with Crippen LogP contribution in [0.1, 0.15) is 36.7 Å². The minimum absolute atomic E-state index is 0.107. The molecule has 0 bridgehead atoms. The first kappa shape index (κ1) is 14.3. The van der Waals surface area contributed by atoms with E-state index >= 15 is 0 Å². The number of hydrogen-bond donors (Lipinski definition) is 0. The third-order valence-corrected chi connectivity index (χ3v) is 3.35. The van der Waals surface area contributed by atoms with Gasteiger partial charge in [-0.25, -0.2) is 4.79 Å². The van der Waals surface area contributed by atoms with Crippen molar-refractivity contribution in [3.05, 3.63) is 59.7 Å². The van der Waals surface area contributed by atoms with Gasteiger partial charge >= 0.3 is 5.97 Å². The Hall–Kier alpha value is -2.09. The smallest absolute Gasteiger partial charge is 0.337 e. The van der Waals surface area contributed by atoms with Crippen LogP contribution >= 0.6 is 0 Å². The van der Waals surface area contributed by atoms with Crippen molar-refractivity contribution in [1.82, 2.24) is 0 Å². The summed E-state index contributed by atoms with van der Waals surface area (Å²) in [6, 6.07) is 16.0. The summed E-state index contributed by atoms with van der Waals surface area (Å²) in [6.07, 6.45) is 0. The number of hydrogen-bond acceptors (Lipinski definition) is 2. The van der Waals surface area contributed by atoms with Gasteiger partial charge in [0.1, 0.15) is 0 Å². The highest BCUT2D eigenvalue weighted by Crippen LogP contribution is 2.28. The van der Waals surface area contributed by atoms with Crippen LogP contribution in [0.5, 0.6) is 0 Å². The molecule has 0 N–H and O–H groups in total. The Morgan fingerprint density at radius 2 is 1.55 bits per heavy atom. The van der Waals surface area contributed by atoms with Crippen molar-refractivity contribution in [1.29, 1.82) is 0 Å². The number of ether oxygens (including phenoxy) is 1. The lowest BCUT2D eigenvalue weighted by Crippen LogP contribution is -2.10. The molecule has 0 unspecified atom stereocenters. The molecule has 0 aliphatic heterocycles. The van der Waals surface area contributed by atoms with Gasteiger partial charge in [0.2, 0.25) is 0 Å². The Labute approximate surface area is 120 Å². The molecule has 20 heavy (non-hydrogen) atoms. The average Bonchev–Trinajstić information content (AvgIpc) is 2.46. The van der Waals surface area contributed by atoms with Gasteiger partial charge in [0.15, 0.2) is 0 Å². The van der Waals surface area contributed by atoms with E-state index in [1.807, 2.05) is 18.2 Å². The van der Waals surface area contributed by atoms with Crippen molar-refractivity contribution in [3.63, 3.8) is 0 Å². The zero-order valence-corrected chi connectivity index (χ0v) is 12.4. The molecule has 2 rings (SSSR count). The van der Waals surface area contributed by atoms with Crippen LogP contribution in [0.25, 0.3) is 11.1 Å². The Morgan fingerprint density at radius 3 is 2.15 bits per heavy atom. The zero-order chi connectivity index (χ0) is 14.8. The first-order valence-electron chi connectivity index (χ1n) is 6.71. The van der Waals surface area contributed by atoms with E-state index in [0.29, 0.717) is 5.56 Å². The molecule has 0 fully saturated rings. The van der Waals surface area contributed by atoms with Gasteiger partial charge in [-0.1, -0.05) is 57.2 Å². The standard InChI is InChI=1S/C18H20O2/c1-18(2,3)16-10-6-8-14(12-16)13-7-5-9-15(11-13)17(19)20-4/h5-12H,1-4H3. The van der Waals surface area contributed by atoms with Gasteiger partial charge in [0.25, 0.3) is 0 Å². The van der Waals surface area contributed by atoms with Crippen LogP contribution in [-0.2, 0) is 10.2 Å². The molecule has 0 aliphatic rings. The van der Waals surface area contributed by atoms with Crippen LogP contribution in [0.2, 0.25) is 0 Å². The summed E-state index contributed by atoms with van der Waals surface area (Å²) < 4.78 is 4.77. The number of methoxy groups -OCH3 is 1. The number of rotatable bonds is 2. The minimum atomic E-state index is -0.307. The van der Waals surface area contributed by atoms with Crippen molar-refractivity contribution < 1.29 is 9.53 Å². The predicted octanol–water partition coefficient (Wildman–Crippen LogP) is 4.44. The number of carbonyl (C=O) groups is 1. The third-order valence-electron chi connectivity index (χ3n) is 3.35. The molecule has 0 heterocycles. The molecule has 0 atom stereocenters. The van der Waals surface area contributed by atoms with E-state index < -0.39 is 0 Å². The summed E-state index contributed by atoms with van der Waals surface area (Å²) in [4.78, 5) is 11.6. The molecule has 104 valence electrons. The molecule has 0 radical (unpaired) electrons. The molecule has 0 aliphatic carbocycles. The maximum Gasteiger partial charge on any atom is 0.337 e. The zero-order valence-electron chi connectivity index (χ0n) is 12.4. The fourth-order valence-corrected chi connectivity index (χ4v) is 2.11. The fraction of sp³-hybridized carbons (Fsp3) is 0.278. The van der Waals surface area contributed by atoms with Crippen LogP contribution in [-0.4, -0.2) is 13.1 Å². The Bertz CT molecular complexity index is 621. The second kappa shape index (κ2) is 5.49. The average molecular weight is 268 g/mol. The second-order valence-corrected chi connectivity index (χ2v) is 5.90. The first-order chi connectivity index (χ1) is 9.41. The molecule has 0 saturated heterocycles. The van der Waals surface area contributed by atoms with Crippen molar-refractivity contribution in [2.75, 3.05) is 7.11 Å². The van der Waals surface area contributed by atoms with Crippen LogP contribution in [0, 0.1) is 0 Å². The van der Waals surface area contributed by atoms with Crippen LogP contribution < -0.4 is 0 Å². The molecular weight excluding hydrogens is 248 g/mol. The fourth-order valence-electron chi connectivity index (χ4n) is 2.11. The molecule has 2 nitrogen and oxygen atoms in total. The van der Waals surface area contributed by atoms with Crippen LogP contribution in [0.15, 0.2) is 48.5 Å². The Morgan fingerprint density at radius 1 is 0.950 bits per heavy atom.